The van der Waals surface area contributed by atoms with E-state index in [2.05, 4.69) is 12.2 Å². The van der Waals surface area contributed by atoms with Gasteiger partial charge in [0.2, 0.25) is 0 Å². The maximum absolute atomic E-state index is 13.7. The van der Waals surface area contributed by atoms with E-state index in [9.17, 15) is 4.39 Å². The van der Waals surface area contributed by atoms with Crippen LogP contribution in [0.5, 0.6) is 0 Å². The zero-order chi connectivity index (χ0) is 14.2. The molecule has 1 N–H and O–H groups in total. The zero-order valence-corrected chi connectivity index (χ0v) is 12.2. The van der Waals surface area contributed by atoms with Crippen LogP contribution in [0.2, 0.25) is 0 Å². The topological polar surface area (TPSA) is 30.5 Å². The zero-order valence-electron chi connectivity index (χ0n) is 12.2. The second kappa shape index (κ2) is 8.35. The van der Waals surface area contributed by atoms with Crippen molar-refractivity contribution in [2.45, 2.75) is 45.4 Å². The van der Waals surface area contributed by atoms with Gasteiger partial charge in [-0.15, -0.1) is 0 Å². The van der Waals surface area contributed by atoms with Gasteiger partial charge in [-0.2, -0.15) is 0 Å². The number of rotatable bonds is 10. The van der Waals surface area contributed by atoms with Crippen LogP contribution in [0.15, 0.2) is 18.2 Å². The van der Waals surface area contributed by atoms with E-state index in [-0.39, 0.29) is 5.82 Å². The van der Waals surface area contributed by atoms with Gasteiger partial charge in [0.1, 0.15) is 5.82 Å². The summed E-state index contributed by atoms with van der Waals surface area (Å²) >= 11 is 0. The van der Waals surface area contributed by atoms with Gasteiger partial charge in [-0.3, -0.25) is 0 Å². The Labute approximate surface area is 120 Å². The van der Waals surface area contributed by atoms with Gasteiger partial charge in [0.15, 0.2) is 0 Å². The smallest absolute Gasteiger partial charge is 0.128 e. The summed E-state index contributed by atoms with van der Waals surface area (Å²) in [6.07, 6.45) is 3.52. The van der Waals surface area contributed by atoms with E-state index >= 15 is 0 Å². The monoisotopic (exact) mass is 281 g/mol. The standard InChI is InChI=1S/C16H24FNO2/c1-2-7-19-8-9-20-12-14-10-13(3-6-16(14)17)11-18-15-4-5-15/h3,6,10,15,18H,2,4-5,7-9,11-12H2,1H3. The van der Waals surface area contributed by atoms with E-state index in [1.807, 2.05) is 12.1 Å². The molecule has 0 saturated heterocycles. The molecule has 0 unspecified atom stereocenters. The summed E-state index contributed by atoms with van der Waals surface area (Å²) in [5, 5.41) is 3.43. The van der Waals surface area contributed by atoms with Crippen LogP contribution in [0.4, 0.5) is 4.39 Å². The fourth-order valence-corrected chi connectivity index (χ4v) is 1.94. The molecule has 0 spiro atoms. The summed E-state index contributed by atoms with van der Waals surface area (Å²) in [7, 11) is 0. The Morgan fingerprint density at radius 1 is 1.20 bits per heavy atom. The molecular weight excluding hydrogens is 257 g/mol. The number of hydrogen-bond acceptors (Lipinski definition) is 3. The maximum Gasteiger partial charge on any atom is 0.128 e. The number of halogens is 1. The molecule has 0 atom stereocenters. The Morgan fingerprint density at radius 3 is 2.75 bits per heavy atom. The molecule has 4 heteroatoms. The first-order valence-corrected chi connectivity index (χ1v) is 7.45. The van der Waals surface area contributed by atoms with E-state index in [0.717, 1.165) is 25.1 Å². The lowest BCUT2D eigenvalue weighted by Gasteiger charge is -2.09. The van der Waals surface area contributed by atoms with Gasteiger partial charge in [0.25, 0.3) is 0 Å². The van der Waals surface area contributed by atoms with Crippen molar-refractivity contribution >= 4 is 0 Å². The van der Waals surface area contributed by atoms with Crippen LogP contribution < -0.4 is 5.32 Å². The van der Waals surface area contributed by atoms with Crippen molar-refractivity contribution in [2.75, 3.05) is 19.8 Å². The quantitative estimate of drug-likeness (QED) is 0.669. The summed E-state index contributed by atoms with van der Waals surface area (Å²) in [5.74, 6) is -0.199. The summed E-state index contributed by atoms with van der Waals surface area (Å²) in [4.78, 5) is 0. The van der Waals surface area contributed by atoms with Gasteiger partial charge in [0.05, 0.1) is 19.8 Å². The molecule has 1 aliphatic carbocycles. The van der Waals surface area contributed by atoms with E-state index in [1.165, 1.54) is 18.9 Å². The van der Waals surface area contributed by atoms with Gasteiger partial charge in [-0.25, -0.2) is 4.39 Å². The summed E-state index contributed by atoms with van der Waals surface area (Å²) < 4.78 is 24.5. The van der Waals surface area contributed by atoms with Crippen LogP contribution in [-0.2, 0) is 22.6 Å². The third-order valence-corrected chi connectivity index (χ3v) is 3.26. The van der Waals surface area contributed by atoms with Crippen LogP contribution in [0, 0.1) is 5.82 Å². The molecule has 3 nitrogen and oxygen atoms in total. The minimum Gasteiger partial charge on any atom is -0.379 e. The third kappa shape index (κ3) is 5.57. The molecule has 1 aromatic rings. The largest absolute Gasteiger partial charge is 0.379 e. The molecule has 20 heavy (non-hydrogen) atoms. The van der Waals surface area contributed by atoms with Gasteiger partial charge in [-0.05, 0) is 37.0 Å². The Hall–Kier alpha value is -0.970. The Kier molecular flexibility index (Phi) is 6.43. The first-order chi connectivity index (χ1) is 9.79. The fraction of sp³-hybridized carbons (Fsp3) is 0.625. The number of hydrogen-bond donors (Lipinski definition) is 1. The minimum absolute atomic E-state index is 0.199. The molecule has 0 aromatic heterocycles. The van der Waals surface area contributed by atoms with Crippen molar-refractivity contribution in [3.05, 3.63) is 35.1 Å². The van der Waals surface area contributed by atoms with E-state index < -0.39 is 0 Å². The molecule has 2 rings (SSSR count). The van der Waals surface area contributed by atoms with Crippen molar-refractivity contribution in [3.8, 4) is 0 Å². The SMILES string of the molecule is CCCOCCOCc1cc(CNC2CC2)ccc1F. The second-order valence-corrected chi connectivity index (χ2v) is 5.25. The van der Waals surface area contributed by atoms with Gasteiger partial charge in [0, 0.05) is 24.8 Å². The molecule has 0 amide bonds. The number of ether oxygens (including phenoxy) is 2. The van der Waals surface area contributed by atoms with Crippen molar-refractivity contribution in [1.82, 2.24) is 5.32 Å². The van der Waals surface area contributed by atoms with E-state index in [0.29, 0.717) is 31.4 Å². The molecular formula is C16H24FNO2. The van der Waals surface area contributed by atoms with Gasteiger partial charge < -0.3 is 14.8 Å². The average Bonchev–Trinajstić information content (AvgIpc) is 3.27. The predicted octanol–water partition coefficient (Wildman–Crippen LogP) is 3.02. The highest BCUT2D eigenvalue weighted by Crippen LogP contribution is 2.20. The van der Waals surface area contributed by atoms with Crippen LogP contribution >= 0.6 is 0 Å². The Morgan fingerprint density at radius 2 is 2.00 bits per heavy atom. The van der Waals surface area contributed by atoms with Crippen LogP contribution in [-0.4, -0.2) is 25.9 Å². The third-order valence-electron chi connectivity index (χ3n) is 3.26. The molecule has 1 saturated carbocycles. The summed E-state index contributed by atoms with van der Waals surface area (Å²) in [5.41, 5.74) is 1.73. The molecule has 0 aliphatic heterocycles. The molecule has 112 valence electrons. The molecule has 1 fully saturated rings. The fourth-order valence-electron chi connectivity index (χ4n) is 1.94. The van der Waals surface area contributed by atoms with Crippen LogP contribution in [0.1, 0.15) is 37.3 Å². The summed E-state index contributed by atoms with van der Waals surface area (Å²) in [6, 6.07) is 5.90. The Balaban J connectivity index is 1.72. The Bertz CT molecular complexity index is 407. The highest BCUT2D eigenvalue weighted by Gasteiger charge is 2.20. The maximum atomic E-state index is 13.7. The van der Waals surface area contributed by atoms with Crippen molar-refractivity contribution in [2.24, 2.45) is 0 Å². The van der Waals surface area contributed by atoms with Crippen molar-refractivity contribution in [3.63, 3.8) is 0 Å². The van der Waals surface area contributed by atoms with E-state index in [4.69, 9.17) is 9.47 Å². The molecule has 1 aromatic carbocycles. The number of benzene rings is 1. The first kappa shape index (κ1) is 15.4. The normalized spacial score (nSPS) is 14.7. The minimum atomic E-state index is -0.199. The molecule has 0 bridgehead atoms. The predicted molar refractivity (Wildman–Crippen MR) is 77.0 cm³/mol. The lowest BCUT2D eigenvalue weighted by molar-refractivity contribution is 0.0399. The van der Waals surface area contributed by atoms with Crippen molar-refractivity contribution in [1.29, 1.82) is 0 Å². The van der Waals surface area contributed by atoms with Gasteiger partial charge in [-0.1, -0.05) is 13.0 Å². The second-order valence-electron chi connectivity index (χ2n) is 5.25. The van der Waals surface area contributed by atoms with Crippen LogP contribution in [0.25, 0.3) is 0 Å². The molecule has 0 heterocycles. The van der Waals surface area contributed by atoms with Crippen LogP contribution in [0.3, 0.4) is 0 Å². The highest BCUT2D eigenvalue weighted by atomic mass is 19.1. The lowest BCUT2D eigenvalue weighted by atomic mass is 10.1. The average molecular weight is 281 g/mol. The van der Waals surface area contributed by atoms with Crippen molar-refractivity contribution < 1.29 is 13.9 Å². The van der Waals surface area contributed by atoms with Gasteiger partial charge >= 0.3 is 0 Å². The molecule has 1 aliphatic rings. The van der Waals surface area contributed by atoms with E-state index in [1.54, 1.807) is 0 Å². The first-order valence-electron chi connectivity index (χ1n) is 7.45. The highest BCUT2D eigenvalue weighted by molar-refractivity contribution is 5.24. The number of nitrogens with one attached hydrogen (secondary N) is 1. The summed E-state index contributed by atoms with van der Waals surface area (Å²) in [6.45, 7) is 5.00. The molecule has 0 radical (unpaired) electrons. The lowest BCUT2D eigenvalue weighted by Crippen LogP contribution is -2.15.